The first kappa shape index (κ1) is 5.97. The number of Topliss-reactive ketones (excluding diaryl/α,β-unsaturated/α-hetero) is 1. The SMILES string of the molecule is C#CC(=O)C1C2CCCC21. The van der Waals surface area contributed by atoms with Crippen molar-refractivity contribution in [3.05, 3.63) is 0 Å². The molecule has 1 nitrogen and oxygen atoms in total. The molecule has 0 bridgehead atoms. The number of terminal acetylenes is 1. The fourth-order valence-electron chi connectivity index (χ4n) is 2.31. The lowest BCUT2D eigenvalue weighted by molar-refractivity contribution is -0.115. The number of rotatable bonds is 1. The quantitative estimate of drug-likeness (QED) is 0.389. The zero-order chi connectivity index (χ0) is 7.14. The molecule has 0 aromatic carbocycles. The van der Waals surface area contributed by atoms with Crippen LogP contribution in [0.2, 0.25) is 0 Å². The van der Waals surface area contributed by atoms with Crippen LogP contribution in [0, 0.1) is 30.1 Å². The molecule has 2 aliphatic carbocycles. The molecule has 0 aliphatic heterocycles. The van der Waals surface area contributed by atoms with Crippen molar-refractivity contribution in [3.8, 4) is 12.3 Å². The maximum absolute atomic E-state index is 11.0. The van der Waals surface area contributed by atoms with E-state index in [4.69, 9.17) is 6.42 Å². The molecular formula is C9H10O. The maximum Gasteiger partial charge on any atom is 0.208 e. The lowest BCUT2D eigenvalue weighted by Crippen LogP contribution is -2.01. The van der Waals surface area contributed by atoms with Crippen LogP contribution in [0.15, 0.2) is 0 Å². The third kappa shape index (κ3) is 0.623. The average molecular weight is 134 g/mol. The highest BCUT2D eigenvalue weighted by molar-refractivity contribution is 5.99. The van der Waals surface area contributed by atoms with Crippen molar-refractivity contribution in [1.29, 1.82) is 0 Å². The molecule has 0 spiro atoms. The molecule has 10 heavy (non-hydrogen) atoms. The van der Waals surface area contributed by atoms with Crippen molar-refractivity contribution >= 4 is 5.78 Å². The van der Waals surface area contributed by atoms with E-state index in [0.29, 0.717) is 11.8 Å². The van der Waals surface area contributed by atoms with Crippen LogP contribution in [0.5, 0.6) is 0 Å². The van der Waals surface area contributed by atoms with E-state index in [2.05, 4.69) is 5.92 Å². The molecule has 2 saturated carbocycles. The largest absolute Gasteiger partial charge is 0.285 e. The molecule has 0 amide bonds. The summed E-state index contributed by atoms with van der Waals surface area (Å²) in [6.07, 6.45) is 8.80. The van der Waals surface area contributed by atoms with E-state index in [-0.39, 0.29) is 11.7 Å². The first-order chi connectivity index (χ1) is 4.84. The number of hydrogen-bond acceptors (Lipinski definition) is 1. The van der Waals surface area contributed by atoms with Gasteiger partial charge in [0.05, 0.1) is 0 Å². The average Bonchev–Trinajstić information content (AvgIpc) is 2.43. The van der Waals surface area contributed by atoms with Gasteiger partial charge in [0.25, 0.3) is 0 Å². The predicted molar refractivity (Wildman–Crippen MR) is 38.2 cm³/mol. The van der Waals surface area contributed by atoms with Crippen LogP contribution in [0.25, 0.3) is 0 Å². The fourth-order valence-corrected chi connectivity index (χ4v) is 2.31. The van der Waals surface area contributed by atoms with Crippen LogP contribution in [0.1, 0.15) is 19.3 Å². The zero-order valence-corrected chi connectivity index (χ0v) is 5.84. The summed E-state index contributed by atoms with van der Waals surface area (Å²) >= 11 is 0. The molecule has 0 heterocycles. The lowest BCUT2D eigenvalue weighted by Gasteiger charge is -1.93. The van der Waals surface area contributed by atoms with E-state index >= 15 is 0 Å². The van der Waals surface area contributed by atoms with Crippen LogP contribution >= 0.6 is 0 Å². The number of hydrogen-bond donors (Lipinski definition) is 0. The van der Waals surface area contributed by atoms with Gasteiger partial charge in [0, 0.05) is 5.92 Å². The Morgan fingerprint density at radius 2 is 2.00 bits per heavy atom. The Balaban J connectivity index is 2.02. The summed E-state index contributed by atoms with van der Waals surface area (Å²) in [6.45, 7) is 0. The summed E-state index contributed by atoms with van der Waals surface area (Å²) in [7, 11) is 0. The number of ketones is 1. The summed E-state index contributed by atoms with van der Waals surface area (Å²) < 4.78 is 0. The minimum absolute atomic E-state index is 0.0506. The molecule has 0 saturated heterocycles. The lowest BCUT2D eigenvalue weighted by atomic mass is 10.1. The Morgan fingerprint density at radius 3 is 2.50 bits per heavy atom. The van der Waals surface area contributed by atoms with Gasteiger partial charge in [-0.05, 0) is 30.6 Å². The Hall–Kier alpha value is -0.770. The molecule has 1 heteroatoms. The molecule has 0 radical (unpaired) electrons. The van der Waals surface area contributed by atoms with Crippen molar-refractivity contribution in [1.82, 2.24) is 0 Å². The standard InChI is InChI=1S/C9H10O/c1-2-8(10)9-6-4-3-5-7(6)9/h1,6-7,9H,3-5H2. The van der Waals surface area contributed by atoms with Gasteiger partial charge < -0.3 is 0 Å². The highest BCUT2D eigenvalue weighted by Crippen LogP contribution is 2.57. The highest BCUT2D eigenvalue weighted by Gasteiger charge is 2.55. The second-order valence-corrected chi connectivity index (χ2v) is 3.29. The Labute approximate surface area is 60.8 Å². The summed E-state index contributed by atoms with van der Waals surface area (Å²) in [5.41, 5.74) is 0. The van der Waals surface area contributed by atoms with Gasteiger partial charge in [-0.15, -0.1) is 6.42 Å². The zero-order valence-electron chi connectivity index (χ0n) is 5.84. The van der Waals surface area contributed by atoms with Crippen LogP contribution in [-0.2, 0) is 4.79 Å². The van der Waals surface area contributed by atoms with Gasteiger partial charge in [-0.3, -0.25) is 4.79 Å². The molecule has 2 atom stereocenters. The third-order valence-corrected chi connectivity index (χ3v) is 2.85. The minimum atomic E-state index is 0.0506. The molecule has 52 valence electrons. The summed E-state index contributed by atoms with van der Waals surface area (Å²) in [5, 5.41) is 0. The molecule has 2 unspecified atom stereocenters. The van der Waals surface area contributed by atoms with Crippen molar-refractivity contribution < 1.29 is 4.79 Å². The van der Waals surface area contributed by atoms with Crippen LogP contribution in [-0.4, -0.2) is 5.78 Å². The first-order valence-corrected chi connectivity index (χ1v) is 3.85. The number of fused-ring (bicyclic) bond motifs is 1. The van der Waals surface area contributed by atoms with E-state index in [9.17, 15) is 4.79 Å². The van der Waals surface area contributed by atoms with Crippen molar-refractivity contribution in [2.45, 2.75) is 19.3 Å². The Morgan fingerprint density at radius 1 is 1.40 bits per heavy atom. The molecular weight excluding hydrogens is 124 g/mol. The molecule has 0 aromatic heterocycles. The summed E-state index contributed by atoms with van der Waals surface area (Å²) in [5.74, 6) is 3.91. The van der Waals surface area contributed by atoms with Gasteiger partial charge in [0.1, 0.15) is 0 Å². The smallest absolute Gasteiger partial charge is 0.208 e. The molecule has 2 aliphatic rings. The predicted octanol–water partition coefficient (Wildman–Crippen LogP) is 1.23. The van der Waals surface area contributed by atoms with E-state index in [0.717, 1.165) is 0 Å². The minimum Gasteiger partial charge on any atom is -0.285 e. The Bertz CT molecular complexity index is 201. The van der Waals surface area contributed by atoms with Gasteiger partial charge in [0.2, 0.25) is 5.78 Å². The van der Waals surface area contributed by atoms with Gasteiger partial charge >= 0.3 is 0 Å². The van der Waals surface area contributed by atoms with E-state index < -0.39 is 0 Å². The monoisotopic (exact) mass is 134 g/mol. The highest BCUT2D eigenvalue weighted by atomic mass is 16.1. The van der Waals surface area contributed by atoms with Gasteiger partial charge in [-0.25, -0.2) is 0 Å². The van der Waals surface area contributed by atoms with E-state index in [1.165, 1.54) is 19.3 Å². The summed E-state index contributed by atoms with van der Waals surface area (Å²) in [4.78, 5) is 11.0. The normalized spacial score (nSPS) is 42.1. The summed E-state index contributed by atoms with van der Waals surface area (Å²) in [6, 6.07) is 0. The first-order valence-electron chi connectivity index (χ1n) is 3.85. The van der Waals surface area contributed by atoms with Gasteiger partial charge in [0.15, 0.2) is 0 Å². The van der Waals surface area contributed by atoms with Crippen LogP contribution in [0.3, 0.4) is 0 Å². The second-order valence-electron chi connectivity index (χ2n) is 3.29. The second kappa shape index (κ2) is 1.85. The molecule has 0 N–H and O–H groups in total. The van der Waals surface area contributed by atoms with Crippen molar-refractivity contribution in [3.63, 3.8) is 0 Å². The number of carbonyl (C=O) groups is 1. The van der Waals surface area contributed by atoms with E-state index in [1.807, 2.05) is 0 Å². The van der Waals surface area contributed by atoms with Crippen molar-refractivity contribution in [2.75, 3.05) is 0 Å². The maximum atomic E-state index is 11.0. The molecule has 0 aromatic rings. The molecule has 2 rings (SSSR count). The van der Waals surface area contributed by atoms with Gasteiger partial charge in [-0.2, -0.15) is 0 Å². The van der Waals surface area contributed by atoms with Crippen molar-refractivity contribution in [2.24, 2.45) is 17.8 Å². The van der Waals surface area contributed by atoms with E-state index in [1.54, 1.807) is 0 Å². The van der Waals surface area contributed by atoms with Crippen LogP contribution in [0.4, 0.5) is 0 Å². The molecule has 2 fully saturated rings. The fraction of sp³-hybridized carbons (Fsp3) is 0.667. The Kier molecular flexibility index (Phi) is 1.11. The van der Waals surface area contributed by atoms with Crippen LogP contribution < -0.4 is 0 Å². The topological polar surface area (TPSA) is 17.1 Å². The van der Waals surface area contributed by atoms with Gasteiger partial charge in [-0.1, -0.05) is 6.42 Å². The third-order valence-electron chi connectivity index (χ3n) is 2.85. The number of carbonyl (C=O) groups excluding carboxylic acids is 1.